The normalized spacial score (nSPS) is 27.8. The Morgan fingerprint density at radius 2 is 1.83 bits per heavy atom. The average Bonchev–Trinajstić information content (AvgIpc) is 3.22. The fraction of sp³-hybridized carbons (Fsp3) is 0.643. The van der Waals surface area contributed by atoms with E-state index in [1.807, 2.05) is 13.8 Å². The highest BCUT2D eigenvalue weighted by molar-refractivity contribution is 7.89. The number of benzene rings is 1. The zero-order chi connectivity index (χ0) is 30.3. The first-order chi connectivity index (χ1) is 19.0. The molecule has 2 bridgehead atoms. The molecule has 1 heterocycles. The van der Waals surface area contributed by atoms with Crippen LogP contribution in [0, 0.1) is 29.0 Å². The summed E-state index contributed by atoms with van der Waals surface area (Å²) in [5.74, 6) is -0.624. The molecule has 13 heteroatoms. The highest BCUT2D eigenvalue weighted by Gasteiger charge is 2.68. The van der Waals surface area contributed by atoms with Crippen LogP contribution in [0.15, 0.2) is 41.5 Å². The van der Waals surface area contributed by atoms with E-state index in [9.17, 15) is 22.4 Å². The van der Waals surface area contributed by atoms with Crippen LogP contribution in [0.5, 0.6) is 0 Å². The molecule has 0 aromatic heterocycles. The van der Waals surface area contributed by atoms with Crippen LogP contribution < -0.4 is 15.4 Å². The Kier molecular flexibility index (Phi) is 8.95. The van der Waals surface area contributed by atoms with Crippen molar-refractivity contribution < 1.29 is 36.4 Å². The zero-order valence-corrected chi connectivity index (χ0v) is 25.3. The van der Waals surface area contributed by atoms with Gasteiger partial charge in [0.15, 0.2) is 0 Å². The van der Waals surface area contributed by atoms with Crippen molar-refractivity contribution in [3.63, 3.8) is 0 Å². The van der Waals surface area contributed by atoms with Gasteiger partial charge in [0.1, 0.15) is 11.9 Å². The van der Waals surface area contributed by atoms with E-state index in [1.54, 1.807) is 0 Å². The molecule has 0 spiro atoms. The van der Waals surface area contributed by atoms with Gasteiger partial charge in [0, 0.05) is 6.54 Å². The summed E-state index contributed by atoms with van der Waals surface area (Å²) in [4.78, 5) is 25.8. The summed E-state index contributed by atoms with van der Waals surface area (Å²) in [5.41, 5.74) is -0.322. The molecule has 1 saturated heterocycles. The highest BCUT2D eigenvalue weighted by atomic mass is 32.2. The molecule has 3 aliphatic carbocycles. The fourth-order valence-electron chi connectivity index (χ4n) is 6.53. The van der Waals surface area contributed by atoms with Crippen molar-refractivity contribution >= 4 is 29.1 Å². The van der Waals surface area contributed by atoms with Crippen LogP contribution in [0.3, 0.4) is 0 Å². The Labute approximate surface area is 242 Å². The molecule has 1 aliphatic heterocycles. The number of carbonyl (C=O) groups excluding carboxylic acids is 2. The van der Waals surface area contributed by atoms with Gasteiger partial charge in [0.25, 0.3) is 0 Å². The molecule has 4 aliphatic rings. The maximum absolute atomic E-state index is 13.6. The largest absolute Gasteiger partial charge is 0.481 e. The second kappa shape index (κ2) is 11.7. The minimum Gasteiger partial charge on any atom is -0.416 e. The molecule has 226 valence electrons. The Hall–Kier alpha value is -2.48. The average molecular weight is 594 g/mol. The lowest BCUT2D eigenvalue weighted by Crippen LogP contribution is -2.65. The number of nitrogens with one attached hydrogen (secondary N) is 3. The zero-order valence-electron chi connectivity index (χ0n) is 24.5. The van der Waals surface area contributed by atoms with Gasteiger partial charge in [-0.3, -0.25) is 4.79 Å². The first kappa shape index (κ1) is 31.5. The summed E-state index contributed by atoms with van der Waals surface area (Å²) in [6.45, 7) is 15.1. The summed E-state index contributed by atoms with van der Waals surface area (Å²) < 4.78 is 59.2. The first-order valence-corrected chi connectivity index (χ1v) is 15.5. The van der Waals surface area contributed by atoms with Crippen LogP contribution in [0.2, 0.25) is 0 Å². The van der Waals surface area contributed by atoms with E-state index in [1.165, 1.54) is 6.92 Å². The van der Waals surface area contributed by atoms with E-state index in [2.05, 4.69) is 42.7 Å². The number of halogens is 1. The van der Waals surface area contributed by atoms with Gasteiger partial charge >= 0.3 is 13.2 Å². The number of amides is 2. The van der Waals surface area contributed by atoms with Crippen LogP contribution in [0.4, 0.5) is 9.18 Å². The molecule has 2 amide bonds. The maximum atomic E-state index is 13.6. The van der Waals surface area contributed by atoms with E-state index >= 15 is 0 Å². The van der Waals surface area contributed by atoms with Gasteiger partial charge in [-0.05, 0) is 80.5 Å². The topological polar surface area (TPSA) is 132 Å². The fourth-order valence-corrected chi connectivity index (χ4v) is 7.58. The minimum absolute atomic E-state index is 0.0853. The lowest BCUT2D eigenvalue weighted by molar-refractivity contribution is -0.199. The van der Waals surface area contributed by atoms with Gasteiger partial charge < -0.3 is 24.7 Å². The Morgan fingerprint density at radius 3 is 2.41 bits per heavy atom. The standard InChI is InChI=1S/C28H41BFN3O7S/c1-16(2)12-24(29-39-23-14-18-13-22(27(18,5)6)28(23,7)40-29)33-25(34)21(32-26(35)38-17(3)4)15-31-41(36,37)20-10-8-19(30)9-11-20/h8-11,16,18,21-24,31H,3,12-15H2,1-2,4-7H3,(H,32,35)(H,33,34)/t18-,21-,22-,23+,24-,28-/m0/s1. The number of sulfonamides is 1. The molecule has 6 atom stereocenters. The summed E-state index contributed by atoms with van der Waals surface area (Å²) in [6.07, 6.45) is 1.45. The Bertz CT molecular complexity index is 1280. The molecule has 0 radical (unpaired) electrons. The third-order valence-electron chi connectivity index (χ3n) is 8.83. The van der Waals surface area contributed by atoms with Gasteiger partial charge in [-0.1, -0.05) is 34.3 Å². The quantitative estimate of drug-likeness (QED) is 0.264. The van der Waals surface area contributed by atoms with Crippen molar-refractivity contribution in [3.8, 4) is 0 Å². The lowest BCUT2D eigenvalue weighted by Gasteiger charge is -2.64. The van der Waals surface area contributed by atoms with Crippen molar-refractivity contribution in [2.75, 3.05) is 6.54 Å². The molecule has 5 rings (SSSR count). The number of hydrogen-bond donors (Lipinski definition) is 3. The summed E-state index contributed by atoms with van der Waals surface area (Å²) in [5, 5.41) is 5.35. The van der Waals surface area contributed by atoms with Crippen LogP contribution in [-0.2, 0) is 28.9 Å². The molecule has 4 fully saturated rings. The summed E-state index contributed by atoms with van der Waals surface area (Å²) in [6, 6.07) is 2.89. The van der Waals surface area contributed by atoms with Crippen molar-refractivity contribution in [2.45, 2.75) is 89.4 Å². The van der Waals surface area contributed by atoms with Gasteiger partial charge in [0.05, 0.1) is 28.3 Å². The number of allylic oxidation sites excluding steroid dienone is 1. The number of alkyl carbamates (subject to hydrolysis) is 1. The van der Waals surface area contributed by atoms with E-state index < -0.39 is 59.1 Å². The van der Waals surface area contributed by atoms with Crippen molar-refractivity contribution in [2.24, 2.45) is 23.2 Å². The highest BCUT2D eigenvalue weighted by Crippen LogP contribution is 2.65. The van der Waals surface area contributed by atoms with Crippen molar-refractivity contribution in [3.05, 3.63) is 42.4 Å². The van der Waals surface area contributed by atoms with Crippen LogP contribution in [0.1, 0.15) is 60.8 Å². The van der Waals surface area contributed by atoms with E-state index in [4.69, 9.17) is 14.0 Å². The number of rotatable bonds is 11. The number of ether oxygens (including phenoxy) is 1. The minimum atomic E-state index is -4.12. The molecular weight excluding hydrogens is 552 g/mol. The summed E-state index contributed by atoms with van der Waals surface area (Å²) >= 11 is 0. The lowest BCUT2D eigenvalue weighted by atomic mass is 9.43. The van der Waals surface area contributed by atoms with E-state index in [0.29, 0.717) is 18.3 Å². The molecule has 1 aromatic rings. The third-order valence-corrected chi connectivity index (χ3v) is 10.3. The third kappa shape index (κ3) is 6.63. The maximum Gasteiger partial charge on any atom is 0.481 e. The number of carbonyl (C=O) groups is 2. The second-order valence-electron chi connectivity index (χ2n) is 12.7. The Morgan fingerprint density at radius 1 is 1.17 bits per heavy atom. The molecule has 0 unspecified atom stereocenters. The van der Waals surface area contributed by atoms with Crippen molar-refractivity contribution in [1.82, 2.24) is 15.4 Å². The first-order valence-electron chi connectivity index (χ1n) is 14.1. The molecular formula is C28H41BFN3O7S. The molecule has 1 aromatic carbocycles. The summed E-state index contributed by atoms with van der Waals surface area (Å²) in [7, 11) is -4.82. The van der Waals surface area contributed by atoms with E-state index in [-0.39, 0.29) is 28.1 Å². The second-order valence-corrected chi connectivity index (χ2v) is 14.4. The molecule has 41 heavy (non-hydrogen) atoms. The molecule has 3 N–H and O–H groups in total. The van der Waals surface area contributed by atoms with Crippen LogP contribution >= 0.6 is 0 Å². The van der Waals surface area contributed by atoms with Crippen LogP contribution in [-0.4, -0.2) is 57.8 Å². The van der Waals surface area contributed by atoms with Crippen molar-refractivity contribution in [1.29, 1.82) is 0 Å². The van der Waals surface area contributed by atoms with Gasteiger partial charge in [-0.2, -0.15) is 0 Å². The SMILES string of the molecule is C=C(C)OC(=O)N[C@@H](CNS(=O)(=O)c1ccc(F)cc1)C(=O)N[C@@H](CC(C)C)B1O[C@@H]2C[C@@H]3C[C@@H](C3(C)C)[C@]2(C)O1. The molecule has 3 saturated carbocycles. The van der Waals surface area contributed by atoms with Gasteiger partial charge in [-0.25, -0.2) is 22.3 Å². The van der Waals surface area contributed by atoms with Gasteiger partial charge in [0.2, 0.25) is 15.9 Å². The monoisotopic (exact) mass is 593 g/mol. The predicted molar refractivity (Wildman–Crippen MR) is 151 cm³/mol. The van der Waals surface area contributed by atoms with Gasteiger partial charge in [-0.15, -0.1) is 0 Å². The molecule has 10 nitrogen and oxygen atoms in total. The van der Waals surface area contributed by atoms with Crippen LogP contribution in [0.25, 0.3) is 0 Å². The predicted octanol–water partition coefficient (Wildman–Crippen LogP) is 3.53. The van der Waals surface area contributed by atoms with E-state index in [0.717, 1.165) is 37.1 Å². The number of hydrogen-bond acceptors (Lipinski definition) is 7. The smallest absolute Gasteiger partial charge is 0.416 e. The Balaban J connectivity index is 1.50.